The molecule has 2 aromatic rings. The number of rotatable bonds is 2. The van der Waals surface area contributed by atoms with Gasteiger partial charge in [-0.15, -0.1) is 0 Å². The Morgan fingerprint density at radius 1 is 1.29 bits per heavy atom. The Bertz CT molecular complexity index is 816. The molecule has 3 rings (SSSR count). The predicted octanol–water partition coefficient (Wildman–Crippen LogP) is 2.68. The summed E-state index contributed by atoms with van der Waals surface area (Å²) in [6.45, 7) is 1.86. The molecule has 6 heteroatoms. The van der Waals surface area contributed by atoms with Crippen LogP contribution in [0.25, 0.3) is 11.1 Å². The van der Waals surface area contributed by atoms with Crippen LogP contribution in [0.3, 0.4) is 0 Å². The molecule has 5 nitrogen and oxygen atoms in total. The highest BCUT2D eigenvalue weighted by Crippen LogP contribution is 2.32. The second-order valence-electron chi connectivity index (χ2n) is 6.26. The number of carbonyl (C=O) groups is 1. The van der Waals surface area contributed by atoms with Crippen molar-refractivity contribution in [1.29, 1.82) is 5.41 Å². The van der Waals surface area contributed by atoms with Crippen molar-refractivity contribution in [3.8, 4) is 11.1 Å². The SMILES string of the molecule is CN1C(=N)N[C@](C)(c2cccc(-c3cc(N)ccc3F)c2)CC1=O. The zero-order valence-electron chi connectivity index (χ0n) is 13.6. The first-order valence-corrected chi connectivity index (χ1v) is 7.59. The summed E-state index contributed by atoms with van der Waals surface area (Å²) in [5.74, 6) is -0.442. The van der Waals surface area contributed by atoms with Crippen molar-refractivity contribution < 1.29 is 9.18 Å². The molecule has 2 aromatic carbocycles. The van der Waals surface area contributed by atoms with Crippen molar-refractivity contribution in [1.82, 2.24) is 10.2 Å². The van der Waals surface area contributed by atoms with E-state index in [1.807, 2.05) is 25.1 Å². The van der Waals surface area contributed by atoms with Gasteiger partial charge in [-0.25, -0.2) is 4.39 Å². The molecule has 0 saturated carbocycles. The van der Waals surface area contributed by atoms with E-state index >= 15 is 0 Å². The molecular formula is C18H19FN4O. The van der Waals surface area contributed by atoms with Crippen LogP contribution in [0.1, 0.15) is 18.9 Å². The highest BCUT2D eigenvalue weighted by atomic mass is 19.1. The third-order valence-electron chi connectivity index (χ3n) is 4.41. The van der Waals surface area contributed by atoms with Gasteiger partial charge < -0.3 is 11.1 Å². The van der Waals surface area contributed by atoms with E-state index in [1.54, 1.807) is 19.2 Å². The number of guanidine groups is 1. The molecule has 0 aromatic heterocycles. The zero-order chi connectivity index (χ0) is 17.5. The van der Waals surface area contributed by atoms with Crippen molar-refractivity contribution in [2.45, 2.75) is 18.9 Å². The van der Waals surface area contributed by atoms with Crippen LogP contribution in [0, 0.1) is 11.2 Å². The minimum atomic E-state index is -0.715. The number of nitrogens with one attached hydrogen (secondary N) is 2. The Balaban J connectivity index is 2.03. The van der Waals surface area contributed by atoms with E-state index in [0.717, 1.165) is 5.56 Å². The summed E-state index contributed by atoms with van der Waals surface area (Å²) in [6.07, 6.45) is 0.217. The largest absolute Gasteiger partial charge is 0.399 e. The maximum atomic E-state index is 14.1. The molecule has 1 saturated heterocycles. The number of benzene rings is 2. The fraction of sp³-hybridized carbons (Fsp3) is 0.222. The highest BCUT2D eigenvalue weighted by molar-refractivity contribution is 5.98. The van der Waals surface area contributed by atoms with Crippen LogP contribution in [0.2, 0.25) is 0 Å². The lowest BCUT2D eigenvalue weighted by Crippen LogP contribution is -2.58. The average Bonchev–Trinajstić information content (AvgIpc) is 2.55. The standard InChI is InChI=1S/C18H19FN4O/c1-18(10-16(24)23(2)17(21)22-18)12-5-3-4-11(8-12)14-9-13(20)6-7-15(14)19/h3-9H,10,20H2,1-2H3,(H2,21,22)/t18-/m0/s1. The van der Waals surface area contributed by atoms with Crippen LogP contribution < -0.4 is 11.1 Å². The molecule has 0 aliphatic carbocycles. The quantitative estimate of drug-likeness (QED) is 0.742. The van der Waals surface area contributed by atoms with Gasteiger partial charge in [0, 0.05) is 18.3 Å². The molecule has 1 aliphatic rings. The third kappa shape index (κ3) is 2.71. The first-order valence-electron chi connectivity index (χ1n) is 7.59. The van der Waals surface area contributed by atoms with Crippen molar-refractivity contribution in [2.24, 2.45) is 0 Å². The van der Waals surface area contributed by atoms with E-state index in [2.05, 4.69) is 5.32 Å². The molecule has 1 amide bonds. The van der Waals surface area contributed by atoms with Gasteiger partial charge in [-0.1, -0.05) is 18.2 Å². The average molecular weight is 326 g/mol. The number of anilines is 1. The first kappa shape index (κ1) is 16.0. The van der Waals surface area contributed by atoms with E-state index in [0.29, 0.717) is 16.8 Å². The number of hydrogen-bond acceptors (Lipinski definition) is 3. The van der Waals surface area contributed by atoms with E-state index in [4.69, 9.17) is 11.1 Å². The second kappa shape index (κ2) is 5.63. The maximum absolute atomic E-state index is 14.1. The van der Waals surface area contributed by atoms with Gasteiger partial charge in [-0.05, 0) is 42.3 Å². The van der Waals surface area contributed by atoms with Crippen molar-refractivity contribution in [3.05, 3.63) is 53.8 Å². The van der Waals surface area contributed by atoms with Gasteiger partial charge in [0.15, 0.2) is 5.96 Å². The number of halogens is 1. The number of nitrogens with zero attached hydrogens (tertiary/aromatic N) is 1. The number of amides is 1. The molecule has 1 aliphatic heterocycles. The second-order valence-corrected chi connectivity index (χ2v) is 6.26. The normalized spacial score (nSPS) is 20.9. The van der Waals surface area contributed by atoms with Gasteiger partial charge in [0.05, 0.1) is 12.0 Å². The Morgan fingerprint density at radius 3 is 2.75 bits per heavy atom. The van der Waals surface area contributed by atoms with E-state index < -0.39 is 5.54 Å². The van der Waals surface area contributed by atoms with Crippen LogP contribution in [0.5, 0.6) is 0 Å². The zero-order valence-corrected chi connectivity index (χ0v) is 13.6. The topological polar surface area (TPSA) is 82.2 Å². The van der Waals surface area contributed by atoms with Gasteiger partial charge in [-0.2, -0.15) is 0 Å². The van der Waals surface area contributed by atoms with Crippen LogP contribution >= 0.6 is 0 Å². The smallest absolute Gasteiger partial charge is 0.231 e. The predicted molar refractivity (Wildman–Crippen MR) is 91.8 cm³/mol. The summed E-state index contributed by atoms with van der Waals surface area (Å²) >= 11 is 0. The van der Waals surface area contributed by atoms with Gasteiger partial charge in [-0.3, -0.25) is 15.1 Å². The summed E-state index contributed by atoms with van der Waals surface area (Å²) in [7, 11) is 1.57. The summed E-state index contributed by atoms with van der Waals surface area (Å²) in [5, 5.41) is 11.0. The molecular weight excluding hydrogens is 307 g/mol. The first-order chi connectivity index (χ1) is 11.3. The summed E-state index contributed by atoms with van der Waals surface area (Å²) in [5.41, 5.74) is 7.44. The van der Waals surface area contributed by atoms with Crippen LogP contribution in [0.4, 0.5) is 10.1 Å². The molecule has 1 heterocycles. The minimum absolute atomic E-state index is 0.0503. The molecule has 1 fully saturated rings. The lowest BCUT2D eigenvalue weighted by atomic mass is 9.85. The minimum Gasteiger partial charge on any atom is -0.399 e. The molecule has 0 bridgehead atoms. The Labute approximate surface area is 139 Å². The Hall–Kier alpha value is -2.89. The van der Waals surface area contributed by atoms with Gasteiger partial charge in [0.1, 0.15) is 5.82 Å². The molecule has 24 heavy (non-hydrogen) atoms. The molecule has 0 unspecified atom stereocenters. The van der Waals surface area contributed by atoms with Crippen molar-refractivity contribution in [3.63, 3.8) is 0 Å². The van der Waals surface area contributed by atoms with Crippen LogP contribution in [0.15, 0.2) is 42.5 Å². The number of nitrogen functional groups attached to an aromatic ring is 1. The summed E-state index contributed by atoms with van der Waals surface area (Å²) < 4.78 is 14.1. The number of nitrogens with two attached hydrogens (primary N) is 1. The summed E-state index contributed by atoms with van der Waals surface area (Å²) in [6, 6.07) is 11.8. The fourth-order valence-electron chi connectivity index (χ4n) is 2.90. The molecule has 124 valence electrons. The number of hydrogen-bond donors (Lipinski definition) is 3. The van der Waals surface area contributed by atoms with Crippen molar-refractivity contribution in [2.75, 3.05) is 12.8 Å². The maximum Gasteiger partial charge on any atom is 0.231 e. The summed E-state index contributed by atoms with van der Waals surface area (Å²) in [4.78, 5) is 13.4. The number of carbonyl (C=O) groups excluding carboxylic acids is 1. The van der Waals surface area contributed by atoms with Gasteiger partial charge in [0.25, 0.3) is 0 Å². The highest BCUT2D eigenvalue weighted by Gasteiger charge is 2.37. The van der Waals surface area contributed by atoms with E-state index in [-0.39, 0.29) is 24.1 Å². The van der Waals surface area contributed by atoms with Crippen LogP contribution in [-0.4, -0.2) is 23.8 Å². The molecule has 0 radical (unpaired) electrons. The Morgan fingerprint density at radius 2 is 2.04 bits per heavy atom. The Kier molecular flexibility index (Phi) is 3.75. The van der Waals surface area contributed by atoms with E-state index in [9.17, 15) is 9.18 Å². The monoisotopic (exact) mass is 326 g/mol. The fourth-order valence-corrected chi connectivity index (χ4v) is 2.90. The van der Waals surface area contributed by atoms with Crippen LogP contribution in [-0.2, 0) is 10.3 Å². The van der Waals surface area contributed by atoms with Crippen molar-refractivity contribution >= 4 is 17.6 Å². The van der Waals surface area contributed by atoms with Gasteiger partial charge in [0.2, 0.25) is 5.91 Å². The van der Waals surface area contributed by atoms with Gasteiger partial charge >= 0.3 is 0 Å². The molecule has 4 N–H and O–H groups in total. The van der Waals surface area contributed by atoms with E-state index in [1.165, 1.54) is 17.0 Å². The lowest BCUT2D eigenvalue weighted by Gasteiger charge is -2.39. The molecule has 1 atom stereocenters. The third-order valence-corrected chi connectivity index (χ3v) is 4.41. The molecule has 0 spiro atoms. The lowest BCUT2D eigenvalue weighted by molar-refractivity contribution is -0.129.